The number of fused-ring (bicyclic) bond motifs is 6. The smallest absolute Gasteiger partial charge is 0.343 e. The lowest BCUT2D eigenvalue weighted by molar-refractivity contribution is 0.0528. The van der Waals surface area contributed by atoms with Crippen molar-refractivity contribution in [1.82, 2.24) is 28.8 Å². The minimum Gasteiger partial charge on any atom is -0.486 e. The van der Waals surface area contributed by atoms with E-state index in [4.69, 9.17) is 72.1 Å². The highest BCUT2D eigenvalue weighted by Crippen LogP contribution is 2.48. The van der Waals surface area contributed by atoms with Crippen molar-refractivity contribution in [2.24, 2.45) is 10.1 Å². The lowest BCUT2D eigenvalue weighted by atomic mass is 9.95. The van der Waals surface area contributed by atoms with Crippen molar-refractivity contribution < 1.29 is 72.0 Å². The number of nitrogens with zero attached hydrogens (tertiary/aromatic N) is 9. The van der Waals surface area contributed by atoms with Crippen LogP contribution >= 0.6 is 11.6 Å². The molecule has 124 heavy (non-hydrogen) atoms. The van der Waals surface area contributed by atoms with Gasteiger partial charge in [-0.1, -0.05) is 11.6 Å². The van der Waals surface area contributed by atoms with Gasteiger partial charge in [0.05, 0.1) is 133 Å². The minimum absolute atomic E-state index is 0.215. The molecule has 5 N–H and O–H groups in total. The summed E-state index contributed by atoms with van der Waals surface area (Å²) in [7, 11) is -5.26. The first-order valence-electron chi connectivity index (χ1n) is 40.3. The zero-order valence-corrected chi connectivity index (χ0v) is 78.6. The van der Waals surface area contributed by atoms with Crippen molar-refractivity contribution in [2.75, 3.05) is 6.61 Å². The second kappa shape index (κ2) is 41.0. The third-order valence-corrected chi connectivity index (χ3v) is 26.7. The number of rotatable bonds is 19. The van der Waals surface area contributed by atoms with Gasteiger partial charge in [0.1, 0.15) is 108 Å². The Bertz CT molecular complexity index is 5200. The molecule has 2 aromatic heterocycles. The SMILES string of the molecule is CC(=N[S@](=O)C(C)(C)C)c1cc(F)cc2c1OC(C)(CC#N)C2.CCOC(=O)c1cnn2ccc(Cl)nc12.C[C@@H](N)c1cc(F)cc2c1O[C@@](C)(CC#N)C2.C[C@@H](N[S@](=O)C(C)(C)C)c1cc(F)cc2c1O[C@@](C)(CC#N)C2.C[C@@H](N[S@](=O)C(C)(C)C)c1cc(F)cc2c1O[C@@](C)(CC#N)C2.C[C@@H](N[S@](=O)C(C)(C)C)c1cc(F)cc2c1O[C@](C)(CC#N)C2. The largest absolute Gasteiger partial charge is 0.486 e. The summed E-state index contributed by atoms with van der Waals surface area (Å²) in [4.78, 5) is 15.5. The molecule has 670 valence electrons. The van der Waals surface area contributed by atoms with E-state index in [0.717, 1.165) is 22.3 Å². The average molecular weight is 1810 g/mol. The second-order valence-electron chi connectivity index (χ2n) is 36.5. The second-order valence-corrected chi connectivity index (χ2v) is 44.8. The highest BCUT2D eigenvalue weighted by atomic mass is 35.5. The van der Waals surface area contributed by atoms with Crippen LogP contribution in [0.2, 0.25) is 5.15 Å². The van der Waals surface area contributed by atoms with Crippen molar-refractivity contribution in [1.29, 1.82) is 26.3 Å². The van der Waals surface area contributed by atoms with Crippen molar-refractivity contribution >= 4 is 72.9 Å². The summed E-state index contributed by atoms with van der Waals surface area (Å²) in [6, 6.07) is 25.1. The minimum atomic E-state index is -1.44. The summed E-state index contributed by atoms with van der Waals surface area (Å²) >= 11 is 5.72. The molecule has 34 heteroatoms. The number of halogens is 6. The van der Waals surface area contributed by atoms with Crippen LogP contribution in [0.15, 0.2) is 83.5 Å². The molecule has 0 fully saturated rings. The number of nitrogens with one attached hydrogen (secondary N) is 3. The number of aromatic nitrogens is 3. The Morgan fingerprint density at radius 1 is 0.508 bits per heavy atom. The van der Waals surface area contributed by atoms with Crippen molar-refractivity contribution in [3.05, 3.63) is 175 Å². The number of carbonyl (C=O) groups is 1. The van der Waals surface area contributed by atoms with Gasteiger partial charge in [0.15, 0.2) is 5.65 Å². The third-order valence-electron chi connectivity index (χ3n) is 20.0. The Morgan fingerprint density at radius 3 is 1.09 bits per heavy atom. The summed E-state index contributed by atoms with van der Waals surface area (Å²) in [6.45, 7) is 42.6. The van der Waals surface area contributed by atoms with Crippen molar-refractivity contribution in [3.63, 3.8) is 0 Å². The Morgan fingerprint density at radius 2 is 0.798 bits per heavy atom. The van der Waals surface area contributed by atoms with Gasteiger partial charge in [-0.15, -0.1) is 0 Å². The first kappa shape index (κ1) is 102. The fourth-order valence-electron chi connectivity index (χ4n) is 13.7. The molecule has 0 radical (unpaired) electrons. The first-order valence-corrected chi connectivity index (χ1v) is 45.2. The van der Waals surface area contributed by atoms with Crippen LogP contribution in [-0.2, 0) is 80.8 Å². The van der Waals surface area contributed by atoms with E-state index in [-0.39, 0.29) is 85.4 Å². The van der Waals surface area contributed by atoms with E-state index in [2.05, 4.69) is 59.0 Å². The van der Waals surface area contributed by atoms with Gasteiger partial charge in [-0.25, -0.2) is 67.2 Å². The van der Waals surface area contributed by atoms with Gasteiger partial charge in [-0.2, -0.15) is 35.8 Å². The number of hydrogen-bond acceptors (Lipinski definition) is 19. The quantitative estimate of drug-likeness (QED) is 0.0253. The molecule has 0 saturated carbocycles. The molecular weight excluding hydrogens is 1700 g/mol. The predicted octanol–water partition coefficient (Wildman–Crippen LogP) is 18.4. The van der Waals surface area contributed by atoms with Crippen LogP contribution < -0.4 is 43.6 Å². The molecule has 5 aromatic carbocycles. The lowest BCUT2D eigenvalue weighted by Crippen LogP contribution is -2.35. The van der Waals surface area contributed by atoms with Crippen LogP contribution in [0.1, 0.15) is 282 Å². The van der Waals surface area contributed by atoms with Crippen LogP contribution in [0.5, 0.6) is 28.7 Å². The number of nitrogens with two attached hydrogens (primary N) is 1. The van der Waals surface area contributed by atoms with Gasteiger partial charge in [0, 0.05) is 118 Å². The molecule has 0 aliphatic carbocycles. The van der Waals surface area contributed by atoms with Gasteiger partial charge in [-0.05, 0) is 226 Å². The molecule has 24 nitrogen and oxygen atoms in total. The van der Waals surface area contributed by atoms with Crippen LogP contribution in [0.3, 0.4) is 0 Å². The molecule has 13 atom stereocenters. The number of benzene rings is 5. The van der Waals surface area contributed by atoms with Crippen molar-refractivity contribution in [2.45, 2.75) is 295 Å². The van der Waals surface area contributed by atoms with E-state index < -0.39 is 96.9 Å². The number of ether oxygens (including phenoxy) is 6. The molecule has 0 saturated heterocycles. The monoisotopic (exact) mass is 1810 g/mol. The fourth-order valence-corrected chi connectivity index (χ4v) is 16.8. The first-order chi connectivity index (χ1) is 57.4. The Labute approximate surface area is 740 Å². The summed E-state index contributed by atoms with van der Waals surface area (Å²) in [6.07, 6.45) is 6.75. The van der Waals surface area contributed by atoms with E-state index in [1.165, 1.54) is 71.4 Å². The molecule has 1 unspecified atom stereocenters. The molecule has 12 rings (SSSR count). The third kappa shape index (κ3) is 26.6. The molecule has 0 amide bonds. The lowest BCUT2D eigenvalue weighted by Gasteiger charge is -2.25. The Balaban J connectivity index is 0.000000206. The molecule has 7 aromatic rings. The molecule has 7 heterocycles. The maximum Gasteiger partial charge on any atom is 0.343 e. The zero-order valence-electron chi connectivity index (χ0n) is 74.6. The predicted molar refractivity (Wildman–Crippen MR) is 472 cm³/mol. The summed E-state index contributed by atoms with van der Waals surface area (Å²) < 4.78 is 166. The molecule has 0 bridgehead atoms. The number of esters is 1. The van der Waals surface area contributed by atoms with Gasteiger partial charge in [0.2, 0.25) is 0 Å². The number of nitriles is 5. The topological polar surface area (TPSA) is 364 Å². The van der Waals surface area contributed by atoms with E-state index in [1.807, 2.05) is 138 Å². The van der Waals surface area contributed by atoms with Crippen LogP contribution in [0.4, 0.5) is 22.0 Å². The molecule has 0 spiro atoms. The molecular formula is C90H113ClF5N13O11S4. The standard InChI is InChI=1S/3C17H23FN2O2S.C17H21FN2O2S.C13H15FN2O.C9H8ClN3O2/c4*1-11(20-23(21)16(2,3)4)14-9-13(18)8-12-10-17(5,6-7-19)22-15(12)14;1-8(16)11-6-10(14)5-9-7-13(2,3-4-15)17-12(9)11;1-2-15-9(14)6-5-11-13-4-3-7(10)12-8(6)13/h3*8-9,11,20H,6,10H2,1-5H3;8-9H,6,10H2,1-5H3;5-6,8H,3,7,16H2,1-2H3;3-5H,2H2,1H3/t2*11-,17+,23-;11-,17-,23-;17?,23-;8-,13+;/m11111./s1. The molecule has 5 aliphatic heterocycles. The maximum atomic E-state index is 14.0. The Hall–Kier alpha value is -9.31. The van der Waals surface area contributed by atoms with E-state index in [0.29, 0.717) is 123 Å². The van der Waals surface area contributed by atoms with E-state index in [1.54, 1.807) is 33.0 Å². The normalized spacial score (nSPS) is 21.3. The average Bonchev–Trinajstić information content (AvgIpc) is 1.68. The summed E-state index contributed by atoms with van der Waals surface area (Å²) in [5.74, 6) is 0.828. The number of carbonyl (C=O) groups excluding carboxylic acids is 1. The fraction of sp³-hybridized carbons (Fsp3) is 0.522. The number of hydrogen-bond donors (Lipinski definition) is 4. The van der Waals surface area contributed by atoms with Crippen LogP contribution in [0, 0.1) is 85.7 Å². The highest BCUT2D eigenvalue weighted by molar-refractivity contribution is 7.85. The van der Waals surface area contributed by atoms with E-state index >= 15 is 0 Å². The summed E-state index contributed by atoms with van der Waals surface area (Å²) in [5, 5.41) is 48.9. The Kier molecular flexibility index (Phi) is 33.6. The van der Waals surface area contributed by atoms with Gasteiger partial charge < -0.3 is 34.2 Å². The van der Waals surface area contributed by atoms with Crippen molar-refractivity contribution in [3.8, 4) is 59.1 Å². The zero-order chi connectivity index (χ0) is 93.1. The molecule has 5 aliphatic rings. The maximum absolute atomic E-state index is 14.0. The van der Waals surface area contributed by atoms with Crippen LogP contribution in [-0.4, -0.2) is 96.7 Å². The van der Waals surface area contributed by atoms with Crippen LogP contribution in [0.25, 0.3) is 5.65 Å². The summed E-state index contributed by atoms with van der Waals surface area (Å²) in [5.41, 5.74) is 10.7. The van der Waals surface area contributed by atoms with Gasteiger partial charge >= 0.3 is 5.97 Å². The van der Waals surface area contributed by atoms with Gasteiger partial charge in [0.25, 0.3) is 0 Å². The highest BCUT2D eigenvalue weighted by Gasteiger charge is 2.43. The van der Waals surface area contributed by atoms with E-state index in [9.17, 15) is 43.6 Å². The van der Waals surface area contributed by atoms with Gasteiger partial charge in [-0.3, -0.25) is 0 Å².